The van der Waals surface area contributed by atoms with E-state index in [9.17, 15) is 0 Å². The van der Waals surface area contributed by atoms with Crippen LogP contribution in [0.5, 0.6) is 0 Å². The van der Waals surface area contributed by atoms with Gasteiger partial charge in [-0.25, -0.2) is 4.98 Å². The van der Waals surface area contributed by atoms with Crippen molar-refractivity contribution in [3.8, 4) is 0 Å². The summed E-state index contributed by atoms with van der Waals surface area (Å²) < 4.78 is 0. The minimum atomic E-state index is -0.0549. The fourth-order valence-electron chi connectivity index (χ4n) is 3.50. The number of thiazole rings is 1. The highest BCUT2D eigenvalue weighted by Crippen LogP contribution is 2.43. The molecule has 31 heavy (non-hydrogen) atoms. The lowest BCUT2D eigenvalue weighted by Crippen LogP contribution is -2.27. The molecule has 0 aliphatic carbocycles. The standard InChI is InChI=1S/C22H20Cl4N4S/c23-10-12-29(13-11-24)22-27-21(26)20(31-22)19-14-18(15-6-8-16(25)9-7-15)28-30(19)17-4-2-1-3-5-17/h1-9,19H,10-14H2. The first-order chi connectivity index (χ1) is 15.1. The second-order valence-electron chi connectivity index (χ2n) is 6.97. The number of nitrogens with zero attached hydrogens (tertiary/aromatic N) is 4. The Balaban J connectivity index is 1.70. The van der Waals surface area contributed by atoms with Gasteiger partial charge in [0, 0.05) is 36.3 Å². The molecule has 2 aromatic carbocycles. The number of benzene rings is 2. The van der Waals surface area contributed by atoms with Crippen LogP contribution >= 0.6 is 57.7 Å². The van der Waals surface area contributed by atoms with Crippen LogP contribution in [0.15, 0.2) is 59.7 Å². The molecule has 9 heteroatoms. The molecule has 3 aromatic rings. The van der Waals surface area contributed by atoms with E-state index in [1.54, 1.807) is 11.3 Å². The van der Waals surface area contributed by atoms with Gasteiger partial charge in [-0.05, 0) is 29.8 Å². The lowest BCUT2D eigenvalue weighted by Gasteiger charge is -2.23. The number of anilines is 2. The third-order valence-electron chi connectivity index (χ3n) is 4.99. The van der Waals surface area contributed by atoms with Crippen molar-refractivity contribution in [1.29, 1.82) is 0 Å². The smallest absolute Gasteiger partial charge is 0.187 e. The van der Waals surface area contributed by atoms with Gasteiger partial charge in [-0.1, -0.05) is 64.9 Å². The highest BCUT2D eigenvalue weighted by molar-refractivity contribution is 7.16. The van der Waals surface area contributed by atoms with Gasteiger partial charge in [-0.15, -0.1) is 23.2 Å². The number of alkyl halides is 2. The molecule has 0 radical (unpaired) electrons. The number of hydrazone groups is 1. The van der Waals surface area contributed by atoms with Crippen molar-refractivity contribution in [2.45, 2.75) is 12.5 Å². The van der Waals surface area contributed by atoms with Crippen molar-refractivity contribution in [1.82, 2.24) is 4.98 Å². The number of rotatable bonds is 8. The van der Waals surface area contributed by atoms with E-state index < -0.39 is 0 Å². The van der Waals surface area contributed by atoms with E-state index >= 15 is 0 Å². The molecule has 1 aromatic heterocycles. The SMILES string of the molecule is ClCCN(CCCl)c1nc(Cl)c(C2CC(c3ccc(Cl)cc3)=NN2c2ccccc2)s1. The highest BCUT2D eigenvalue weighted by atomic mass is 35.5. The number of halogens is 4. The van der Waals surface area contributed by atoms with Gasteiger partial charge in [0.2, 0.25) is 0 Å². The number of hydrogen-bond acceptors (Lipinski definition) is 5. The molecule has 0 saturated heterocycles. The molecule has 2 heterocycles. The van der Waals surface area contributed by atoms with Crippen molar-refractivity contribution in [3.05, 3.63) is 75.2 Å². The second-order valence-corrected chi connectivity index (χ2v) is 9.53. The highest BCUT2D eigenvalue weighted by Gasteiger charge is 2.34. The zero-order valence-electron chi connectivity index (χ0n) is 16.5. The molecular formula is C22H20Cl4N4S. The third-order valence-corrected chi connectivity index (χ3v) is 7.20. The summed E-state index contributed by atoms with van der Waals surface area (Å²) in [6.07, 6.45) is 0.711. The summed E-state index contributed by atoms with van der Waals surface area (Å²) in [5.41, 5.74) is 3.02. The Labute approximate surface area is 206 Å². The van der Waals surface area contributed by atoms with E-state index in [1.165, 1.54) is 0 Å². The largest absolute Gasteiger partial charge is 0.346 e. The fourth-order valence-corrected chi connectivity index (χ4v) is 5.50. The molecule has 0 amide bonds. The first-order valence-corrected chi connectivity index (χ1v) is 12.5. The summed E-state index contributed by atoms with van der Waals surface area (Å²) >= 11 is 26.3. The Morgan fingerprint density at radius 1 is 0.968 bits per heavy atom. The molecule has 1 atom stereocenters. The Hall–Kier alpha value is -1.50. The second kappa shape index (κ2) is 10.4. The van der Waals surface area contributed by atoms with Crippen LogP contribution in [0, 0.1) is 0 Å². The number of para-hydroxylation sites is 1. The Kier molecular flexibility index (Phi) is 7.62. The van der Waals surface area contributed by atoms with Crippen LogP contribution in [0.3, 0.4) is 0 Å². The first kappa shape index (κ1) is 22.7. The van der Waals surface area contributed by atoms with E-state index in [0.717, 1.165) is 27.0 Å². The normalized spacial score (nSPS) is 15.9. The lowest BCUT2D eigenvalue weighted by molar-refractivity contribution is 0.720. The summed E-state index contributed by atoms with van der Waals surface area (Å²) in [4.78, 5) is 7.67. The summed E-state index contributed by atoms with van der Waals surface area (Å²) in [6.45, 7) is 1.33. The van der Waals surface area contributed by atoms with Crippen LogP contribution < -0.4 is 9.91 Å². The molecule has 162 valence electrons. The molecule has 4 rings (SSSR count). The van der Waals surface area contributed by atoms with Crippen LogP contribution in [0.2, 0.25) is 10.2 Å². The summed E-state index contributed by atoms with van der Waals surface area (Å²) in [6, 6.07) is 17.8. The number of hydrogen-bond donors (Lipinski definition) is 0. The van der Waals surface area contributed by atoms with Crippen molar-refractivity contribution < 1.29 is 0 Å². The maximum Gasteiger partial charge on any atom is 0.187 e. The van der Waals surface area contributed by atoms with E-state index in [-0.39, 0.29) is 6.04 Å². The maximum atomic E-state index is 6.65. The van der Waals surface area contributed by atoms with Crippen LogP contribution in [0.25, 0.3) is 0 Å². The Morgan fingerprint density at radius 2 is 1.65 bits per heavy atom. The average molecular weight is 514 g/mol. The molecule has 0 bridgehead atoms. The average Bonchev–Trinajstić information content (AvgIpc) is 3.38. The van der Waals surface area contributed by atoms with Gasteiger partial charge in [-0.2, -0.15) is 5.10 Å². The van der Waals surface area contributed by atoms with Crippen LogP contribution in [0.1, 0.15) is 22.9 Å². The predicted octanol–water partition coefficient (Wildman–Crippen LogP) is 7.09. The lowest BCUT2D eigenvalue weighted by atomic mass is 10.0. The Morgan fingerprint density at radius 3 is 2.29 bits per heavy atom. The summed E-state index contributed by atoms with van der Waals surface area (Å²) in [5.74, 6) is 0.986. The van der Waals surface area contributed by atoms with Crippen molar-refractivity contribution in [2.24, 2.45) is 5.10 Å². The van der Waals surface area contributed by atoms with Gasteiger partial charge in [0.05, 0.1) is 22.3 Å². The topological polar surface area (TPSA) is 31.7 Å². The maximum absolute atomic E-state index is 6.65. The summed E-state index contributed by atoms with van der Waals surface area (Å²) in [5, 5.41) is 9.01. The minimum Gasteiger partial charge on any atom is -0.346 e. The van der Waals surface area contributed by atoms with Crippen molar-refractivity contribution in [3.63, 3.8) is 0 Å². The van der Waals surface area contributed by atoms with Gasteiger partial charge >= 0.3 is 0 Å². The predicted molar refractivity (Wildman–Crippen MR) is 135 cm³/mol. The molecule has 1 aliphatic heterocycles. The monoisotopic (exact) mass is 512 g/mol. The summed E-state index contributed by atoms with van der Waals surface area (Å²) in [7, 11) is 0. The third kappa shape index (κ3) is 5.12. The molecule has 1 aliphatic rings. The van der Waals surface area contributed by atoms with E-state index in [0.29, 0.717) is 41.4 Å². The van der Waals surface area contributed by atoms with Gasteiger partial charge < -0.3 is 4.90 Å². The molecule has 0 spiro atoms. The fraction of sp³-hybridized carbons (Fsp3) is 0.273. The molecule has 0 saturated carbocycles. The van der Waals surface area contributed by atoms with E-state index in [1.807, 2.05) is 59.6 Å². The first-order valence-electron chi connectivity index (χ1n) is 9.81. The zero-order chi connectivity index (χ0) is 21.8. The Bertz CT molecular complexity index is 1030. The quantitative estimate of drug-likeness (QED) is 0.301. The van der Waals surface area contributed by atoms with E-state index in [4.69, 9.17) is 51.5 Å². The van der Waals surface area contributed by atoms with Crippen molar-refractivity contribution >= 4 is 74.3 Å². The number of aromatic nitrogens is 1. The van der Waals surface area contributed by atoms with Gasteiger partial charge in [0.25, 0.3) is 0 Å². The van der Waals surface area contributed by atoms with E-state index in [2.05, 4.69) is 9.88 Å². The van der Waals surface area contributed by atoms with Gasteiger partial charge in [0.15, 0.2) is 5.13 Å². The van der Waals surface area contributed by atoms with Crippen molar-refractivity contribution in [2.75, 3.05) is 34.8 Å². The van der Waals surface area contributed by atoms with Crippen LogP contribution in [0.4, 0.5) is 10.8 Å². The molecule has 0 N–H and O–H groups in total. The molecule has 1 unspecified atom stereocenters. The minimum absolute atomic E-state index is 0.0549. The molecule has 4 nitrogen and oxygen atoms in total. The van der Waals surface area contributed by atoms with Crippen LogP contribution in [-0.4, -0.2) is 35.5 Å². The molecular weight excluding hydrogens is 494 g/mol. The van der Waals surface area contributed by atoms with Gasteiger partial charge in [-0.3, -0.25) is 5.01 Å². The van der Waals surface area contributed by atoms with Crippen LogP contribution in [-0.2, 0) is 0 Å². The van der Waals surface area contributed by atoms with Gasteiger partial charge in [0.1, 0.15) is 5.15 Å². The molecule has 0 fully saturated rings. The zero-order valence-corrected chi connectivity index (χ0v) is 20.4.